The van der Waals surface area contributed by atoms with Crippen LogP contribution in [0.3, 0.4) is 0 Å². The second-order valence-corrected chi connectivity index (χ2v) is 9.86. The van der Waals surface area contributed by atoms with Gasteiger partial charge in [-0.3, -0.25) is 0 Å². The summed E-state index contributed by atoms with van der Waals surface area (Å²) in [5.41, 5.74) is -0.140. The van der Waals surface area contributed by atoms with Crippen molar-refractivity contribution in [1.82, 2.24) is 29.7 Å². The zero-order valence-electron chi connectivity index (χ0n) is 21.2. The van der Waals surface area contributed by atoms with E-state index in [1.807, 2.05) is 16.7 Å². The van der Waals surface area contributed by atoms with Crippen LogP contribution in [0.2, 0.25) is 0 Å². The number of nitrogens with one attached hydrogen (secondary N) is 1. The fraction of sp³-hybridized carbons (Fsp3) is 0.423. The Morgan fingerprint density at radius 1 is 1.16 bits per heavy atom. The number of anilines is 3. The van der Waals surface area contributed by atoms with Crippen molar-refractivity contribution in [3.8, 4) is 5.75 Å². The van der Waals surface area contributed by atoms with Gasteiger partial charge in [0.25, 0.3) is 0 Å². The molecule has 1 saturated heterocycles. The number of pyridine rings is 1. The molecule has 0 amide bonds. The number of aromatic nitrogens is 6. The lowest BCUT2D eigenvalue weighted by molar-refractivity contribution is -0.0332. The van der Waals surface area contributed by atoms with Crippen LogP contribution in [0, 0.1) is 0 Å². The molecule has 0 saturated carbocycles. The maximum Gasteiger partial charge on any atom is 0.227 e. The monoisotopic (exact) mass is 506 g/mol. The molecule has 4 heterocycles. The van der Waals surface area contributed by atoms with Gasteiger partial charge in [0.15, 0.2) is 0 Å². The van der Waals surface area contributed by atoms with E-state index in [-0.39, 0.29) is 6.54 Å². The standard InChI is InChI=1S/C26H31FN8O2/c1-17(2)18-4-5-21(37-11-10-34-15-30-31-16-34)20-13-29-24(12-19(18)20)32-23-6-8-28-25(33-23)35-9-7-26(3,36)22(27)14-35/h4-6,8,12-13,15-17,22,36H,7,9-11,14H2,1-3H3,(H,28,29,32,33)/t22-,26+/m1/s1. The highest BCUT2D eigenvalue weighted by Crippen LogP contribution is 2.34. The summed E-state index contributed by atoms with van der Waals surface area (Å²) in [5.74, 6) is 2.66. The Kier molecular flexibility index (Phi) is 6.88. The Bertz CT molecular complexity index is 1360. The molecule has 3 aromatic heterocycles. The van der Waals surface area contributed by atoms with E-state index < -0.39 is 11.8 Å². The number of nitrogens with zero attached hydrogens (tertiary/aromatic N) is 7. The zero-order chi connectivity index (χ0) is 26.0. The quantitative estimate of drug-likeness (QED) is 0.368. The second-order valence-electron chi connectivity index (χ2n) is 9.86. The molecule has 2 N–H and O–H groups in total. The van der Waals surface area contributed by atoms with Gasteiger partial charge in [-0.05, 0) is 48.4 Å². The number of piperidine rings is 1. The van der Waals surface area contributed by atoms with Gasteiger partial charge in [0.2, 0.25) is 5.95 Å². The molecule has 0 bridgehead atoms. The Hall–Kier alpha value is -3.86. The summed E-state index contributed by atoms with van der Waals surface area (Å²) in [5, 5.41) is 23.0. The Morgan fingerprint density at radius 3 is 2.73 bits per heavy atom. The van der Waals surface area contributed by atoms with Gasteiger partial charge in [-0.15, -0.1) is 10.2 Å². The first-order valence-corrected chi connectivity index (χ1v) is 12.4. The van der Waals surface area contributed by atoms with Gasteiger partial charge in [-0.25, -0.2) is 14.4 Å². The number of aliphatic hydroxyl groups is 1. The number of ether oxygens (including phenoxy) is 1. The summed E-state index contributed by atoms with van der Waals surface area (Å²) >= 11 is 0. The van der Waals surface area contributed by atoms with Crippen LogP contribution < -0.4 is 15.0 Å². The number of hydrogen-bond acceptors (Lipinski definition) is 9. The van der Waals surface area contributed by atoms with Crippen molar-refractivity contribution in [2.45, 2.75) is 51.4 Å². The Morgan fingerprint density at radius 2 is 1.97 bits per heavy atom. The Balaban J connectivity index is 1.36. The Labute approximate surface area is 214 Å². The minimum atomic E-state index is -1.37. The predicted molar refractivity (Wildman–Crippen MR) is 139 cm³/mol. The topological polar surface area (TPSA) is 114 Å². The van der Waals surface area contributed by atoms with Crippen molar-refractivity contribution < 1.29 is 14.2 Å². The first-order valence-electron chi connectivity index (χ1n) is 12.4. The van der Waals surface area contributed by atoms with Crippen LogP contribution in [-0.4, -0.2) is 66.3 Å². The van der Waals surface area contributed by atoms with Crippen molar-refractivity contribution >= 4 is 28.4 Å². The van der Waals surface area contributed by atoms with E-state index in [0.29, 0.717) is 49.6 Å². The van der Waals surface area contributed by atoms with Gasteiger partial charge in [-0.2, -0.15) is 4.98 Å². The second kappa shape index (κ2) is 10.3. The van der Waals surface area contributed by atoms with Crippen molar-refractivity contribution in [2.24, 2.45) is 0 Å². The SMILES string of the molecule is CC(C)c1ccc(OCCn2cnnc2)c2cnc(Nc3ccnc(N4CC[C@](C)(O)[C@H](F)C4)n3)cc12. The molecule has 1 aliphatic heterocycles. The number of rotatable bonds is 8. The summed E-state index contributed by atoms with van der Waals surface area (Å²) < 4.78 is 22.3. The molecular formula is C26H31FN8O2. The largest absolute Gasteiger partial charge is 0.491 e. The van der Waals surface area contributed by atoms with E-state index >= 15 is 0 Å². The highest BCUT2D eigenvalue weighted by atomic mass is 19.1. The van der Waals surface area contributed by atoms with E-state index in [9.17, 15) is 9.50 Å². The van der Waals surface area contributed by atoms with Crippen LogP contribution in [0.25, 0.3) is 10.8 Å². The average Bonchev–Trinajstić information content (AvgIpc) is 3.39. The van der Waals surface area contributed by atoms with Crippen molar-refractivity contribution in [1.29, 1.82) is 0 Å². The van der Waals surface area contributed by atoms with E-state index in [1.54, 1.807) is 36.0 Å². The van der Waals surface area contributed by atoms with Crippen LogP contribution in [0.15, 0.2) is 49.3 Å². The third-order valence-electron chi connectivity index (χ3n) is 6.72. The van der Waals surface area contributed by atoms with E-state index in [1.165, 1.54) is 12.5 Å². The van der Waals surface area contributed by atoms with Crippen LogP contribution in [-0.2, 0) is 6.54 Å². The lowest BCUT2D eigenvalue weighted by Crippen LogP contribution is -2.52. The van der Waals surface area contributed by atoms with E-state index in [2.05, 4.69) is 50.4 Å². The van der Waals surface area contributed by atoms with Crippen molar-refractivity contribution in [3.05, 3.63) is 54.9 Å². The lowest BCUT2D eigenvalue weighted by atomic mass is 9.92. The molecule has 4 aromatic rings. The summed E-state index contributed by atoms with van der Waals surface area (Å²) in [6.07, 6.45) is 5.69. The number of benzene rings is 1. The molecule has 1 fully saturated rings. The highest BCUT2D eigenvalue weighted by Gasteiger charge is 2.38. The van der Waals surface area contributed by atoms with Crippen molar-refractivity contribution in [2.75, 3.05) is 29.9 Å². The van der Waals surface area contributed by atoms with E-state index in [0.717, 1.165) is 16.5 Å². The molecule has 0 aliphatic carbocycles. The lowest BCUT2D eigenvalue weighted by Gasteiger charge is -2.38. The smallest absolute Gasteiger partial charge is 0.227 e. The molecule has 1 aromatic carbocycles. The fourth-order valence-corrected chi connectivity index (χ4v) is 4.41. The first kappa shape index (κ1) is 24.8. The molecule has 0 unspecified atom stereocenters. The maximum absolute atomic E-state index is 14.4. The third-order valence-corrected chi connectivity index (χ3v) is 6.72. The van der Waals surface area contributed by atoms with Gasteiger partial charge < -0.3 is 24.6 Å². The molecule has 0 spiro atoms. The minimum absolute atomic E-state index is 0.0442. The van der Waals surface area contributed by atoms with Crippen LogP contribution >= 0.6 is 0 Å². The van der Waals surface area contributed by atoms with Crippen molar-refractivity contribution in [3.63, 3.8) is 0 Å². The summed E-state index contributed by atoms with van der Waals surface area (Å²) in [6, 6.07) is 7.82. The number of halogens is 1. The molecule has 194 valence electrons. The number of alkyl halides is 1. The first-order chi connectivity index (χ1) is 17.8. The number of hydrogen-bond donors (Lipinski definition) is 2. The predicted octanol–water partition coefficient (Wildman–Crippen LogP) is 3.86. The normalized spacial score (nSPS) is 19.9. The molecule has 5 rings (SSSR count). The van der Waals surface area contributed by atoms with Gasteiger partial charge in [0.05, 0.1) is 18.7 Å². The van der Waals surface area contributed by atoms with Gasteiger partial charge in [-0.1, -0.05) is 19.9 Å². The van der Waals surface area contributed by atoms with Crippen LogP contribution in [0.4, 0.5) is 22.0 Å². The number of fused-ring (bicyclic) bond motifs is 1. The van der Waals surface area contributed by atoms with Crippen LogP contribution in [0.5, 0.6) is 5.75 Å². The fourth-order valence-electron chi connectivity index (χ4n) is 4.41. The molecule has 2 atom stereocenters. The zero-order valence-corrected chi connectivity index (χ0v) is 21.2. The van der Waals surface area contributed by atoms with Gasteiger partial charge in [0.1, 0.15) is 42.8 Å². The molecule has 37 heavy (non-hydrogen) atoms. The average molecular weight is 507 g/mol. The minimum Gasteiger partial charge on any atom is -0.491 e. The van der Waals surface area contributed by atoms with E-state index in [4.69, 9.17) is 4.74 Å². The molecule has 11 heteroatoms. The van der Waals surface area contributed by atoms with Gasteiger partial charge >= 0.3 is 0 Å². The van der Waals surface area contributed by atoms with Crippen LogP contribution in [0.1, 0.15) is 38.7 Å². The summed E-state index contributed by atoms with van der Waals surface area (Å²) in [7, 11) is 0. The van der Waals surface area contributed by atoms with Gasteiger partial charge in [0, 0.05) is 24.3 Å². The summed E-state index contributed by atoms with van der Waals surface area (Å²) in [4.78, 5) is 15.2. The molecule has 0 radical (unpaired) electrons. The highest BCUT2D eigenvalue weighted by molar-refractivity contribution is 5.92. The molecule has 1 aliphatic rings. The maximum atomic E-state index is 14.4. The summed E-state index contributed by atoms with van der Waals surface area (Å²) in [6.45, 7) is 7.47. The molecule has 10 nitrogen and oxygen atoms in total. The molecular weight excluding hydrogens is 475 g/mol. The third kappa shape index (κ3) is 5.46.